The molecule has 1 unspecified atom stereocenters. The van der Waals surface area contributed by atoms with Gasteiger partial charge in [0.2, 0.25) is 0 Å². The van der Waals surface area contributed by atoms with Crippen molar-refractivity contribution in [2.24, 2.45) is 5.73 Å². The summed E-state index contributed by atoms with van der Waals surface area (Å²) in [6.45, 7) is 4.23. The number of hydrogen-bond acceptors (Lipinski definition) is 1. The predicted octanol–water partition coefficient (Wildman–Crippen LogP) is 4.80. The highest BCUT2D eigenvalue weighted by atomic mass is 127. The van der Waals surface area contributed by atoms with Crippen LogP contribution in [0.1, 0.15) is 28.3 Å². The molecule has 2 rings (SSSR count). The van der Waals surface area contributed by atoms with Gasteiger partial charge in [0.05, 0.1) is 0 Å². The van der Waals surface area contributed by atoms with Crippen LogP contribution in [-0.2, 0) is 6.42 Å². The fraction of sp³-hybridized carbons (Fsp3) is 0.250. The van der Waals surface area contributed by atoms with Gasteiger partial charge in [-0.3, -0.25) is 0 Å². The Balaban J connectivity index is 2.25. The lowest BCUT2D eigenvalue weighted by Crippen LogP contribution is -2.15. The first kappa shape index (κ1) is 14.8. The predicted molar refractivity (Wildman–Crippen MR) is 90.7 cm³/mol. The summed E-state index contributed by atoms with van der Waals surface area (Å²) >= 11 is 8.37. The molecule has 2 aromatic carbocycles. The highest BCUT2D eigenvalue weighted by Crippen LogP contribution is 2.25. The normalized spacial score (nSPS) is 12.5. The second-order valence-corrected chi connectivity index (χ2v) is 6.57. The Morgan fingerprint density at radius 1 is 1.11 bits per heavy atom. The Morgan fingerprint density at radius 3 is 2.37 bits per heavy atom. The van der Waals surface area contributed by atoms with E-state index in [0.29, 0.717) is 0 Å². The molecule has 0 fully saturated rings. The van der Waals surface area contributed by atoms with Crippen LogP contribution in [0.3, 0.4) is 0 Å². The SMILES string of the molecule is Cc1cc(C)cc(CC(N)c2cc(Cl)ccc2I)c1. The monoisotopic (exact) mass is 385 g/mol. The largest absolute Gasteiger partial charge is 0.324 e. The molecule has 0 saturated carbocycles. The lowest BCUT2D eigenvalue weighted by atomic mass is 9.97. The van der Waals surface area contributed by atoms with E-state index in [-0.39, 0.29) is 6.04 Å². The Labute approximate surface area is 133 Å². The van der Waals surface area contributed by atoms with E-state index in [2.05, 4.69) is 54.6 Å². The van der Waals surface area contributed by atoms with Crippen molar-refractivity contribution in [3.05, 3.63) is 67.2 Å². The maximum absolute atomic E-state index is 6.33. The first-order valence-electron chi connectivity index (χ1n) is 6.23. The lowest BCUT2D eigenvalue weighted by Gasteiger charge is -2.15. The van der Waals surface area contributed by atoms with E-state index in [1.807, 2.05) is 18.2 Å². The smallest absolute Gasteiger partial charge is 0.0410 e. The van der Waals surface area contributed by atoms with Gasteiger partial charge in [-0.15, -0.1) is 0 Å². The van der Waals surface area contributed by atoms with E-state index in [1.54, 1.807) is 0 Å². The van der Waals surface area contributed by atoms with E-state index < -0.39 is 0 Å². The molecule has 0 radical (unpaired) electrons. The second-order valence-electron chi connectivity index (χ2n) is 4.97. The van der Waals surface area contributed by atoms with Crippen LogP contribution in [-0.4, -0.2) is 0 Å². The number of hydrogen-bond donors (Lipinski definition) is 1. The average molecular weight is 386 g/mol. The number of nitrogens with two attached hydrogens (primary N) is 1. The van der Waals surface area contributed by atoms with Gasteiger partial charge in [0, 0.05) is 14.6 Å². The molecule has 1 nitrogen and oxygen atoms in total. The molecule has 0 aliphatic rings. The summed E-state index contributed by atoms with van der Waals surface area (Å²) in [5, 5.41) is 0.742. The van der Waals surface area contributed by atoms with Gasteiger partial charge in [-0.1, -0.05) is 40.9 Å². The molecule has 0 saturated heterocycles. The van der Waals surface area contributed by atoms with Crippen molar-refractivity contribution in [2.45, 2.75) is 26.3 Å². The number of benzene rings is 2. The van der Waals surface area contributed by atoms with Crippen LogP contribution in [0.5, 0.6) is 0 Å². The molecule has 2 N–H and O–H groups in total. The zero-order valence-corrected chi connectivity index (χ0v) is 14.0. The van der Waals surface area contributed by atoms with Crippen LogP contribution in [0.25, 0.3) is 0 Å². The Bertz CT molecular complexity index is 575. The molecule has 0 aliphatic heterocycles. The van der Waals surface area contributed by atoms with E-state index in [9.17, 15) is 0 Å². The van der Waals surface area contributed by atoms with E-state index >= 15 is 0 Å². The van der Waals surface area contributed by atoms with Crippen molar-refractivity contribution < 1.29 is 0 Å². The van der Waals surface area contributed by atoms with Crippen LogP contribution in [0, 0.1) is 17.4 Å². The fourth-order valence-corrected chi connectivity index (χ4v) is 3.27. The van der Waals surface area contributed by atoms with Gasteiger partial charge in [-0.25, -0.2) is 0 Å². The van der Waals surface area contributed by atoms with Crippen LogP contribution in [0.4, 0.5) is 0 Å². The highest BCUT2D eigenvalue weighted by molar-refractivity contribution is 14.1. The van der Waals surface area contributed by atoms with Crippen LogP contribution < -0.4 is 5.73 Å². The van der Waals surface area contributed by atoms with Gasteiger partial charge in [0.15, 0.2) is 0 Å². The molecule has 0 aliphatic carbocycles. The summed E-state index contributed by atoms with van der Waals surface area (Å²) < 4.78 is 1.17. The molecule has 0 heterocycles. The Kier molecular flexibility index (Phi) is 4.87. The minimum absolute atomic E-state index is 0.0215. The minimum Gasteiger partial charge on any atom is -0.324 e. The molecule has 0 amide bonds. The van der Waals surface area contributed by atoms with Crippen molar-refractivity contribution in [3.63, 3.8) is 0 Å². The maximum atomic E-state index is 6.33. The minimum atomic E-state index is -0.0215. The lowest BCUT2D eigenvalue weighted by molar-refractivity contribution is 0.717. The summed E-state index contributed by atoms with van der Waals surface area (Å²) in [6.07, 6.45) is 0.832. The quantitative estimate of drug-likeness (QED) is 0.754. The van der Waals surface area contributed by atoms with Crippen molar-refractivity contribution in [2.75, 3.05) is 0 Å². The van der Waals surface area contributed by atoms with Crippen LogP contribution >= 0.6 is 34.2 Å². The van der Waals surface area contributed by atoms with Gasteiger partial charge < -0.3 is 5.73 Å². The van der Waals surface area contributed by atoms with Crippen LogP contribution in [0.2, 0.25) is 5.02 Å². The van der Waals surface area contributed by atoms with E-state index in [4.69, 9.17) is 17.3 Å². The maximum Gasteiger partial charge on any atom is 0.0410 e. The molecule has 19 heavy (non-hydrogen) atoms. The molecular formula is C16H17ClIN. The molecule has 0 aromatic heterocycles. The third kappa shape index (κ3) is 3.94. The molecule has 0 bridgehead atoms. The van der Waals surface area contributed by atoms with Gasteiger partial charge in [0.25, 0.3) is 0 Å². The summed E-state index contributed by atoms with van der Waals surface area (Å²) in [6, 6.07) is 12.4. The van der Waals surface area contributed by atoms with Gasteiger partial charge >= 0.3 is 0 Å². The molecule has 0 spiro atoms. The third-order valence-electron chi connectivity index (χ3n) is 3.09. The standard InChI is InChI=1S/C16H17ClIN/c1-10-5-11(2)7-12(6-10)8-16(19)14-9-13(17)3-4-15(14)18/h3-7,9,16H,8,19H2,1-2H3. The van der Waals surface area contributed by atoms with Crippen LogP contribution in [0.15, 0.2) is 36.4 Å². The van der Waals surface area contributed by atoms with Crippen molar-refractivity contribution in [1.82, 2.24) is 0 Å². The first-order chi connectivity index (χ1) is 8.95. The number of rotatable bonds is 3. The number of aryl methyl sites for hydroxylation is 2. The zero-order valence-electron chi connectivity index (χ0n) is 11.1. The van der Waals surface area contributed by atoms with Crippen molar-refractivity contribution in [1.29, 1.82) is 0 Å². The van der Waals surface area contributed by atoms with E-state index in [1.165, 1.54) is 20.3 Å². The van der Waals surface area contributed by atoms with Gasteiger partial charge in [-0.05, 0) is 72.2 Å². The molecule has 1 atom stereocenters. The van der Waals surface area contributed by atoms with E-state index in [0.717, 1.165) is 17.0 Å². The van der Waals surface area contributed by atoms with Gasteiger partial charge in [0.1, 0.15) is 0 Å². The van der Waals surface area contributed by atoms with Crippen molar-refractivity contribution in [3.8, 4) is 0 Å². The fourth-order valence-electron chi connectivity index (χ4n) is 2.35. The Morgan fingerprint density at radius 2 is 1.74 bits per heavy atom. The molecule has 2 aromatic rings. The number of halogens is 2. The van der Waals surface area contributed by atoms with Gasteiger partial charge in [-0.2, -0.15) is 0 Å². The third-order valence-corrected chi connectivity index (χ3v) is 4.31. The highest BCUT2D eigenvalue weighted by Gasteiger charge is 2.11. The zero-order chi connectivity index (χ0) is 14.0. The topological polar surface area (TPSA) is 26.0 Å². The summed E-state index contributed by atoms with van der Waals surface area (Å²) in [4.78, 5) is 0. The van der Waals surface area contributed by atoms with Crippen molar-refractivity contribution >= 4 is 34.2 Å². The summed E-state index contributed by atoms with van der Waals surface area (Å²) in [5.41, 5.74) is 11.3. The molecule has 100 valence electrons. The molecule has 3 heteroatoms. The second kappa shape index (κ2) is 6.25. The average Bonchev–Trinajstić information content (AvgIpc) is 2.30. The first-order valence-corrected chi connectivity index (χ1v) is 7.69. The molecular weight excluding hydrogens is 369 g/mol. The Hall–Kier alpha value is -0.580. The summed E-state index contributed by atoms with van der Waals surface area (Å²) in [5.74, 6) is 0. The summed E-state index contributed by atoms with van der Waals surface area (Å²) in [7, 11) is 0.